The lowest BCUT2D eigenvalue weighted by molar-refractivity contribution is -0.133. The number of amides is 1. The molecule has 0 saturated carbocycles. The fraction of sp³-hybridized carbons (Fsp3) is 0.938. The Kier molecular flexibility index (Phi) is 6.80. The van der Waals surface area contributed by atoms with Gasteiger partial charge in [-0.25, -0.2) is 0 Å². The number of rotatable bonds is 5. The van der Waals surface area contributed by atoms with Gasteiger partial charge >= 0.3 is 0 Å². The van der Waals surface area contributed by atoms with E-state index in [0.717, 1.165) is 39.1 Å². The average molecular weight is 281 g/mol. The molecule has 116 valence electrons. The molecule has 2 heterocycles. The van der Waals surface area contributed by atoms with Crippen molar-refractivity contribution in [1.82, 2.24) is 15.1 Å². The molecule has 0 aromatic rings. The summed E-state index contributed by atoms with van der Waals surface area (Å²) in [5, 5.41) is 3.42. The van der Waals surface area contributed by atoms with E-state index in [0.29, 0.717) is 18.5 Å². The Hall–Kier alpha value is -0.610. The Morgan fingerprint density at radius 1 is 1.20 bits per heavy atom. The molecule has 0 aliphatic carbocycles. The molecule has 1 N–H and O–H groups in total. The van der Waals surface area contributed by atoms with Gasteiger partial charge < -0.3 is 10.2 Å². The maximum atomic E-state index is 12.6. The van der Waals surface area contributed by atoms with E-state index in [1.165, 1.54) is 38.5 Å². The standard InChI is InChI=1S/C16H31N3O/c1-2-10-19(15-8-9-17-13-15)14-16(20)18-11-6-4-3-5-7-12-18/h15,17H,2-14H2,1H3. The van der Waals surface area contributed by atoms with Gasteiger partial charge in [-0.15, -0.1) is 0 Å². The summed E-state index contributed by atoms with van der Waals surface area (Å²) in [5.74, 6) is 0.354. The second-order valence-electron chi connectivity index (χ2n) is 6.27. The molecule has 0 radical (unpaired) electrons. The Bertz CT molecular complexity index is 281. The molecule has 0 bridgehead atoms. The van der Waals surface area contributed by atoms with Crippen LogP contribution in [-0.4, -0.2) is 61.0 Å². The maximum Gasteiger partial charge on any atom is 0.236 e. The number of nitrogens with zero attached hydrogens (tertiary/aromatic N) is 2. The third-order valence-electron chi connectivity index (χ3n) is 4.61. The summed E-state index contributed by atoms with van der Waals surface area (Å²) in [6, 6.07) is 0.564. The van der Waals surface area contributed by atoms with Crippen LogP contribution in [0.2, 0.25) is 0 Å². The Morgan fingerprint density at radius 3 is 2.50 bits per heavy atom. The largest absolute Gasteiger partial charge is 0.342 e. The van der Waals surface area contributed by atoms with E-state index in [4.69, 9.17) is 0 Å². The second-order valence-corrected chi connectivity index (χ2v) is 6.27. The normalized spacial score (nSPS) is 24.7. The van der Waals surface area contributed by atoms with Gasteiger partial charge in [0.1, 0.15) is 0 Å². The highest BCUT2D eigenvalue weighted by Crippen LogP contribution is 2.13. The summed E-state index contributed by atoms with van der Waals surface area (Å²) in [5.41, 5.74) is 0. The Labute approximate surface area is 123 Å². The topological polar surface area (TPSA) is 35.6 Å². The van der Waals surface area contributed by atoms with Gasteiger partial charge in [0.15, 0.2) is 0 Å². The predicted octanol–water partition coefficient (Wildman–Crippen LogP) is 1.85. The zero-order chi connectivity index (χ0) is 14.2. The minimum Gasteiger partial charge on any atom is -0.342 e. The first-order valence-electron chi connectivity index (χ1n) is 8.54. The van der Waals surface area contributed by atoms with E-state index in [9.17, 15) is 4.79 Å². The van der Waals surface area contributed by atoms with Crippen molar-refractivity contribution < 1.29 is 4.79 Å². The van der Waals surface area contributed by atoms with Crippen molar-refractivity contribution in [3.63, 3.8) is 0 Å². The average Bonchev–Trinajstić information content (AvgIpc) is 2.91. The number of hydrogen-bond donors (Lipinski definition) is 1. The van der Waals surface area contributed by atoms with Crippen molar-refractivity contribution in [1.29, 1.82) is 0 Å². The van der Waals surface area contributed by atoms with E-state index in [1.54, 1.807) is 0 Å². The lowest BCUT2D eigenvalue weighted by Gasteiger charge is -2.31. The first kappa shape index (κ1) is 15.8. The molecular weight excluding hydrogens is 250 g/mol. The van der Waals surface area contributed by atoms with E-state index >= 15 is 0 Å². The molecule has 2 fully saturated rings. The van der Waals surface area contributed by atoms with Crippen LogP contribution in [0.5, 0.6) is 0 Å². The molecule has 2 rings (SSSR count). The lowest BCUT2D eigenvalue weighted by Crippen LogP contribution is -2.46. The molecule has 4 nitrogen and oxygen atoms in total. The number of hydrogen-bond acceptors (Lipinski definition) is 3. The highest BCUT2D eigenvalue weighted by Gasteiger charge is 2.25. The van der Waals surface area contributed by atoms with Crippen LogP contribution >= 0.6 is 0 Å². The van der Waals surface area contributed by atoms with Crippen LogP contribution in [0.4, 0.5) is 0 Å². The van der Waals surface area contributed by atoms with Gasteiger partial charge in [0.2, 0.25) is 5.91 Å². The van der Waals surface area contributed by atoms with Crippen molar-refractivity contribution in [2.24, 2.45) is 0 Å². The number of carbonyl (C=O) groups excluding carboxylic acids is 1. The van der Waals surface area contributed by atoms with Crippen LogP contribution in [0, 0.1) is 0 Å². The first-order chi connectivity index (χ1) is 9.81. The molecule has 0 aromatic heterocycles. The fourth-order valence-corrected chi connectivity index (χ4v) is 3.40. The zero-order valence-corrected chi connectivity index (χ0v) is 13.1. The number of carbonyl (C=O) groups is 1. The quantitative estimate of drug-likeness (QED) is 0.835. The van der Waals surface area contributed by atoms with Gasteiger partial charge in [-0.3, -0.25) is 9.69 Å². The summed E-state index contributed by atoms with van der Waals surface area (Å²) in [6.45, 7) is 7.97. The Balaban J connectivity index is 1.85. The lowest BCUT2D eigenvalue weighted by atomic mass is 10.1. The summed E-state index contributed by atoms with van der Waals surface area (Å²) >= 11 is 0. The van der Waals surface area contributed by atoms with Gasteiger partial charge in [0.05, 0.1) is 6.54 Å². The molecular formula is C16H31N3O. The van der Waals surface area contributed by atoms with Gasteiger partial charge in [0, 0.05) is 25.7 Å². The third kappa shape index (κ3) is 4.74. The van der Waals surface area contributed by atoms with Crippen molar-refractivity contribution in [2.45, 2.75) is 57.9 Å². The van der Waals surface area contributed by atoms with Crippen LogP contribution in [0.3, 0.4) is 0 Å². The van der Waals surface area contributed by atoms with Gasteiger partial charge in [0.25, 0.3) is 0 Å². The molecule has 20 heavy (non-hydrogen) atoms. The zero-order valence-electron chi connectivity index (χ0n) is 13.1. The van der Waals surface area contributed by atoms with Crippen LogP contribution in [0.25, 0.3) is 0 Å². The van der Waals surface area contributed by atoms with Crippen molar-refractivity contribution in [2.75, 3.05) is 39.3 Å². The van der Waals surface area contributed by atoms with Crippen molar-refractivity contribution in [3.8, 4) is 0 Å². The fourth-order valence-electron chi connectivity index (χ4n) is 3.40. The van der Waals surface area contributed by atoms with Crippen molar-refractivity contribution in [3.05, 3.63) is 0 Å². The van der Waals surface area contributed by atoms with Gasteiger partial charge in [-0.1, -0.05) is 26.2 Å². The highest BCUT2D eigenvalue weighted by atomic mass is 16.2. The monoisotopic (exact) mass is 281 g/mol. The molecule has 4 heteroatoms. The van der Waals surface area contributed by atoms with Crippen molar-refractivity contribution >= 4 is 5.91 Å². The van der Waals surface area contributed by atoms with E-state index in [2.05, 4.69) is 22.0 Å². The molecule has 1 unspecified atom stereocenters. The molecule has 2 saturated heterocycles. The summed E-state index contributed by atoms with van der Waals surface area (Å²) in [7, 11) is 0. The van der Waals surface area contributed by atoms with Crippen LogP contribution in [0.15, 0.2) is 0 Å². The minimum atomic E-state index is 0.354. The summed E-state index contributed by atoms with van der Waals surface area (Å²) in [4.78, 5) is 17.1. The molecule has 0 aromatic carbocycles. The SMILES string of the molecule is CCCN(CC(=O)N1CCCCCCC1)C1CCNC1. The third-order valence-corrected chi connectivity index (χ3v) is 4.61. The second kappa shape index (κ2) is 8.63. The molecule has 1 amide bonds. The van der Waals surface area contributed by atoms with E-state index < -0.39 is 0 Å². The highest BCUT2D eigenvalue weighted by molar-refractivity contribution is 5.78. The van der Waals surface area contributed by atoms with Crippen LogP contribution in [-0.2, 0) is 4.79 Å². The summed E-state index contributed by atoms with van der Waals surface area (Å²) < 4.78 is 0. The van der Waals surface area contributed by atoms with Gasteiger partial charge in [-0.05, 0) is 38.8 Å². The smallest absolute Gasteiger partial charge is 0.236 e. The predicted molar refractivity (Wildman–Crippen MR) is 82.8 cm³/mol. The number of likely N-dealkylation sites (tertiary alicyclic amines) is 1. The molecule has 2 aliphatic heterocycles. The van der Waals surface area contributed by atoms with E-state index in [1.807, 2.05) is 0 Å². The number of nitrogens with one attached hydrogen (secondary N) is 1. The van der Waals surface area contributed by atoms with Crippen LogP contribution < -0.4 is 5.32 Å². The Morgan fingerprint density at radius 2 is 1.90 bits per heavy atom. The maximum absolute atomic E-state index is 12.6. The molecule has 1 atom stereocenters. The molecule has 2 aliphatic rings. The summed E-state index contributed by atoms with van der Waals surface area (Å²) in [6.07, 6.45) is 8.60. The first-order valence-corrected chi connectivity index (χ1v) is 8.54. The van der Waals surface area contributed by atoms with Gasteiger partial charge in [-0.2, -0.15) is 0 Å². The van der Waals surface area contributed by atoms with E-state index in [-0.39, 0.29) is 0 Å². The minimum absolute atomic E-state index is 0.354. The van der Waals surface area contributed by atoms with Crippen LogP contribution in [0.1, 0.15) is 51.9 Å². The molecule has 0 spiro atoms.